The van der Waals surface area contributed by atoms with Gasteiger partial charge < -0.3 is 0 Å². The van der Waals surface area contributed by atoms with E-state index in [9.17, 15) is 0 Å². The molecule has 3 aliphatic carbocycles. The van der Waals surface area contributed by atoms with Crippen LogP contribution in [0.25, 0.3) is 0 Å². The summed E-state index contributed by atoms with van der Waals surface area (Å²) in [6, 6.07) is 1.72. The smallest absolute Gasteiger partial charge is 0.133 e. The Labute approximate surface area is 170 Å². The average molecular weight is 389 g/mol. The van der Waals surface area contributed by atoms with Gasteiger partial charge in [-0.15, -0.1) is 0 Å². The van der Waals surface area contributed by atoms with Gasteiger partial charge in [-0.25, -0.2) is 8.78 Å². The summed E-state index contributed by atoms with van der Waals surface area (Å²) in [7, 11) is 0. The van der Waals surface area contributed by atoms with Crippen LogP contribution in [0.1, 0.15) is 107 Å². The fourth-order valence-corrected chi connectivity index (χ4v) is 6.63. The number of hydrogen-bond acceptors (Lipinski definition) is 0. The summed E-state index contributed by atoms with van der Waals surface area (Å²) in [6.07, 6.45) is 14.7. The first-order chi connectivity index (χ1) is 13.6. The van der Waals surface area contributed by atoms with Gasteiger partial charge in [0.1, 0.15) is 11.6 Å². The third kappa shape index (κ3) is 4.17. The van der Waals surface area contributed by atoms with Crippen LogP contribution in [0.2, 0.25) is 0 Å². The molecule has 2 saturated carbocycles. The topological polar surface area (TPSA) is 0 Å². The molecule has 0 N–H and O–H groups in total. The SMILES string of the molecule is CCCCCC1CCc2c(cc(F)c(C3CCC4CC(C)CCC4C3)c2F)C1. The molecular formula is C26H38F2. The van der Waals surface area contributed by atoms with Crippen LogP contribution in [0.3, 0.4) is 0 Å². The Bertz CT molecular complexity index is 680. The number of fused-ring (bicyclic) bond motifs is 2. The van der Waals surface area contributed by atoms with Gasteiger partial charge >= 0.3 is 0 Å². The summed E-state index contributed by atoms with van der Waals surface area (Å²) in [5.74, 6) is 2.61. The minimum absolute atomic E-state index is 0.0993. The summed E-state index contributed by atoms with van der Waals surface area (Å²) in [6.45, 7) is 4.59. The minimum atomic E-state index is -0.252. The molecule has 5 unspecified atom stereocenters. The predicted octanol–water partition coefficient (Wildman–Crippen LogP) is 7.97. The zero-order chi connectivity index (χ0) is 19.7. The Morgan fingerprint density at radius 2 is 1.75 bits per heavy atom. The average Bonchev–Trinajstić information content (AvgIpc) is 2.68. The van der Waals surface area contributed by atoms with Gasteiger partial charge in [-0.3, -0.25) is 0 Å². The van der Waals surface area contributed by atoms with Crippen molar-refractivity contribution in [1.29, 1.82) is 0 Å². The van der Waals surface area contributed by atoms with Crippen LogP contribution in [0.5, 0.6) is 0 Å². The van der Waals surface area contributed by atoms with Crippen LogP contribution >= 0.6 is 0 Å². The maximum Gasteiger partial charge on any atom is 0.133 e. The lowest BCUT2D eigenvalue weighted by Gasteiger charge is -2.42. The van der Waals surface area contributed by atoms with Crippen molar-refractivity contribution in [2.75, 3.05) is 0 Å². The minimum Gasteiger partial charge on any atom is -0.207 e. The lowest BCUT2D eigenvalue weighted by molar-refractivity contribution is 0.122. The predicted molar refractivity (Wildman–Crippen MR) is 113 cm³/mol. The molecule has 0 bridgehead atoms. The first-order valence-corrected chi connectivity index (χ1v) is 12.1. The monoisotopic (exact) mass is 388 g/mol. The fourth-order valence-electron chi connectivity index (χ4n) is 6.63. The molecule has 4 rings (SSSR count). The lowest BCUT2D eigenvalue weighted by atomic mass is 9.64. The van der Waals surface area contributed by atoms with Gasteiger partial charge in [0.2, 0.25) is 0 Å². The fraction of sp³-hybridized carbons (Fsp3) is 0.769. The molecule has 2 heteroatoms. The van der Waals surface area contributed by atoms with Crippen molar-refractivity contribution in [2.24, 2.45) is 23.7 Å². The van der Waals surface area contributed by atoms with Crippen molar-refractivity contribution in [2.45, 2.75) is 103 Å². The van der Waals surface area contributed by atoms with Crippen molar-refractivity contribution < 1.29 is 8.78 Å². The highest BCUT2D eigenvalue weighted by Crippen LogP contribution is 2.49. The Kier molecular flexibility index (Phi) is 6.43. The Hall–Kier alpha value is -0.920. The third-order valence-corrected chi connectivity index (χ3v) is 8.26. The van der Waals surface area contributed by atoms with Crippen LogP contribution in [-0.4, -0.2) is 0 Å². The van der Waals surface area contributed by atoms with E-state index in [1.54, 1.807) is 6.07 Å². The summed E-state index contributed by atoms with van der Waals surface area (Å²) < 4.78 is 30.6. The van der Waals surface area contributed by atoms with E-state index in [1.165, 1.54) is 44.9 Å². The molecule has 0 amide bonds. The van der Waals surface area contributed by atoms with Gasteiger partial charge in [-0.05, 0) is 98.1 Å². The van der Waals surface area contributed by atoms with Gasteiger partial charge in [0.05, 0.1) is 0 Å². The van der Waals surface area contributed by atoms with Crippen LogP contribution in [0, 0.1) is 35.3 Å². The van der Waals surface area contributed by atoms with E-state index >= 15 is 8.78 Å². The molecule has 2 fully saturated rings. The van der Waals surface area contributed by atoms with Gasteiger partial charge in [0.25, 0.3) is 0 Å². The van der Waals surface area contributed by atoms with Crippen LogP contribution in [-0.2, 0) is 12.8 Å². The van der Waals surface area contributed by atoms with E-state index in [2.05, 4.69) is 13.8 Å². The van der Waals surface area contributed by atoms with Gasteiger partial charge in [-0.1, -0.05) is 46.0 Å². The van der Waals surface area contributed by atoms with Crippen molar-refractivity contribution in [3.05, 3.63) is 34.4 Å². The number of halogens is 2. The molecule has 28 heavy (non-hydrogen) atoms. The highest BCUT2D eigenvalue weighted by Gasteiger charge is 2.37. The first-order valence-electron chi connectivity index (χ1n) is 12.1. The Morgan fingerprint density at radius 3 is 2.57 bits per heavy atom. The van der Waals surface area contributed by atoms with Crippen LogP contribution in [0.15, 0.2) is 6.07 Å². The van der Waals surface area contributed by atoms with Crippen molar-refractivity contribution in [3.63, 3.8) is 0 Å². The molecule has 1 aromatic carbocycles. The zero-order valence-electron chi connectivity index (χ0n) is 17.9. The highest BCUT2D eigenvalue weighted by atomic mass is 19.1. The molecule has 0 aromatic heterocycles. The molecule has 1 aromatic rings. The van der Waals surface area contributed by atoms with Crippen molar-refractivity contribution in [1.82, 2.24) is 0 Å². The lowest BCUT2D eigenvalue weighted by Crippen LogP contribution is -2.30. The second-order valence-electron chi connectivity index (χ2n) is 10.3. The molecule has 0 saturated heterocycles. The van der Waals surface area contributed by atoms with Crippen LogP contribution < -0.4 is 0 Å². The molecule has 3 aliphatic rings. The summed E-state index contributed by atoms with van der Waals surface area (Å²) in [5.41, 5.74) is 2.26. The molecule has 0 heterocycles. The molecule has 0 nitrogen and oxygen atoms in total. The number of hydrogen-bond donors (Lipinski definition) is 0. The van der Waals surface area contributed by atoms with Gasteiger partial charge in [0, 0.05) is 5.56 Å². The van der Waals surface area contributed by atoms with Gasteiger partial charge in [-0.2, -0.15) is 0 Å². The first kappa shape index (κ1) is 20.4. The van der Waals surface area contributed by atoms with E-state index < -0.39 is 0 Å². The Morgan fingerprint density at radius 1 is 0.964 bits per heavy atom. The van der Waals surface area contributed by atoms with E-state index in [0.717, 1.165) is 61.5 Å². The number of benzene rings is 1. The maximum atomic E-state index is 15.5. The molecule has 0 spiro atoms. The van der Waals surface area contributed by atoms with E-state index in [0.29, 0.717) is 17.4 Å². The maximum absolute atomic E-state index is 15.5. The molecule has 0 radical (unpaired) electrons. The van der Waals surface area contributed by atoms with Crippen molar-refractivity contribution >= 4 is 0 Å². The van der Waals surface area contributed by atoms with Crippen molar-refractivity contribution in [3.8, 4) is 0 Å². The highest BCUT2D eigenvalue weighted by molar-refractivity contribution is 5.39. The van der Waals surface area contributed by atoms with E-state index in [1.807, 2.05) is 0 Å². The van der Waals surface area contributed by atoms with Gasteiger partial charge in [0.15, 0.2) is 0 Å². The third-order valence-electron chi connectivity index (χ3n) is 8.26. The molecule has 156 valence electrons. The second-order valence-corrected chi connectivity index (χ2v) is 10.3. The number of unbranched alkanes of at least 4 members (excludes halogenated alkanes) is 2. The summed E-state index contributed by atoms with van der Waals surface area (Å²) in [4.78, 5) is 0. The summed E-state index contributed by atoms with van der Waals surface area (Å²) >= 11 is 0. The van der Waals surface area contributed by atoms with E-state index in [4.69, 9.17) is 0 Å². The largest absolute Gasteiger partial charge is 0.207 e. The zero-order valence-corrected chi connectivity index (χ0v) is 17.9. The quantitative estimate of drug-likeness (QED) is 0.449. The molecule has 0 aliphatic heterocycles. The number of rotatable bonds is 5. The normalized spacial score (nSPS) is 32.6. The molecular weight excluding hydrogens is 350 g/mol. The Balaban J connectivity index is 1.49. The second kappa shape index (κ2) is 8.84. The van der Waals surface area contributed by atoms with E-state index in [-0.39, 0.29) is 17.6 Å². The summed E-state index contributed by atoms with van der Waals surface area (Å²) in [5, 5.41) is 0. The molecule has 5 atom stereocenters. The van der Waals surface area contributed by atoms with Crippen LogP contribution in [0.4, 0.5) is 8.78 Å². The standard InChI is InChI=1S/C26H38F2/c1-3-4-5-6-18-8-12-23-22(14-18)16-24(27)25(26(23)28)21-11-10-19-13-17(2)7-9-20(19)15-21/h16-21H,3-15H2,1-2H3.